The second-order valence-corrected chi connectivity index (χ2v) is 3.47. The van der Waals surface area contributed by atoms with E-state index < -0.39 is 4.92 Å². The highest BCUT2D eigenvalue weighted by atomic mass is 16.6. The molecule has 1 aliphatic heterocycles. The first-order valence-corrected chi connectivity index (χ1v) is 4.68. The maximum atomic E-state index is 10.5. The highest BCUT2D eigenvalue weighted by Gasteiger charge is 2.19. The van der Waals surface area contributed by atoms with Gasteiger partial charge in [0.2, 0.25) is 0 Å². The Labute approximate surface area is 87.2 Å². The molecule has 0 radical (unpaired) electrons. The molecule has 0 aliphatic carbocycles. The zero-order chi connectivity index (χ0) is 10.8. The summed E-state index contributed by atoms with van der Waals surface area (Å²) < 4.78 is 0. The van der Waals surface area contributed by atoms with Crippen molar-refractivity contribution < 1.29 is 4.92 Å². The van der Waals surface area contributed by atoms with Crippen LogP contribution in [0.1, 0.15) is 18.0 Å². The molecule has 2 rings (SSSR count). The lowest BCUT2D eigenvalue weighted by atomic mass is 10.0. The molecule has 78 valence electrons. The van der Waals surface area contributed by atoms with Gasteiger partial charge < -0.3 is 0 Å². The van der Waals surface area contributed by atoms with Crippen LogP contribution in [0.15, 0.2) is 29.4 Å². The van der Waals surface area contributed by atoms with Gasteiger partial charge in [-0.15, -0.1) is 0 Å². The van der Waals surface area contributed by atoms with Crippen molar-refractivity contribution in [1.29, 1.82) is 0 Å². The van der Waals surface area contributed by atoms with Crippen LogP contribution in [0, 0.1) is 10.1 Å². The van der Waals surface area contributed by atoms with Crippen LogP contribution >= 0.6 is 0 Å². The van der Waals surface area contributed by atoms with E-state index in [9.17, 15) is 10.1 Å². The van der Waals surface area contributed by atoms with Crippen LogP contribution in [0.5, 0.6) is 0 Å². The summed E-state index contributed by atoms with van der Waals surface area (Å²) in [7, 11) is 1.90. The summed E-state index contributed by atoms with van der Waals surface area (Å²) in [6.45, 7) is 0. The fourth-order valence-corrected chi connectivity index (χ4v) is 1.68. The van der Waals surface area contributed by atoms with Crippen LogP contribution in [-0.4, -0.2) is 23.2 Å². The summed E-state index contributed by atoms with van der Waals surface area (Å²) in [5.74, 6) is 0. The minimum absolute atomic E-state index is 0.125. The third-order valence-electron chi connectivity index (χ3n) is 2.53. The highest BCUT2D eigenvalue weighted by Crippen LogP contribution is 2.27. The van der Waals surface area contributed by atoms with E-state index in [1.807, 2.05) is 18.3 Å². The molecule has 15 heavy (non-hydrogen) atoms. The van der Waals surface area contributed by atoms with Gasteiger partial charge in [-0.2, -0.15) is 5.10 Å². The first kappa shape index (κ1) is 9.64. The molecular formula is C10H11N3O2. The van der Waals surface area contributed by atoms with Gasteiger partial charge in [-0.1, -0.05) is 12.1 Å². The lowest BCUT2D eigenvalue weighted by Crippen LogP contribution is -2.13. The van der Waals surface area contributed by atoms with Gasteiger partial charge in [-0.05, 0) is 5.56 Å². The molecule has 1 heterocycles. The van der Waals surface area contributed by atoms with Crippen molar-refractivity contribution in [2.45, 2.75) is 12.5 Å². The third kappa shape index (κ3) is 1.81. The van der Waals surface area contributed by atoms with Gasteiger partial charge in [0.1, 0.15) is 0 Å². The Morgan fingerprint density at radius 1 is 1.47 bits per heavy atom. The van der Waals surface area contributed by atoms with Crippen molar-refractivity contribution in [3.63, 3.8) is 0 Å². The Bertz CT molecular complexity index is 400. The molecule has 1 aliphatic rings. The summed E-state index contributed by atoms with van der Waals surface area (Å²) in [6.07, 6.45) is 2.71. The number of rotatable bonds is 2. The van der Waals surface area contributed by atoms with Crippen molar-refractivity contribution in [3.05, 3.63) is 39.9 Å². The zero-order valence-electron chi connectivity index (χ0n) is 8.33. The van der Waals surface area contributed by atoms with E-state index in [1.165, 1.54) is 12.1 Å². The number of benzene rings is 1. The fourth-order valence-electron chi connectivity index (χ4n) is 1.68. The van der Waals surface area contributed by atoms with Crippen molar-refractivity contribution in [1.82, 2.24) is 5.01 Å². The lowest BCUT2D eigenvalue weighted by molar-refractivity contribution is -0.384. The second kappa shape index (κ2) is 3.68. The summed E-state index contributed by atoms with van der Waals surface area (Å²) in [6, 6.07) is 6.84. The number of hydrogen-bond donors (Lipinski definition) is 0. The summed E-state index contributed by atoms with van der Waals surface area (Å²) in [5, 5.41) is 16.5. The molecule has 0 saturated carbocycles. The maximum Gasteiger partial charge on any atom is 0.269 e. The van der Waals surface area contributed by atoms with Crippen LogP contribution in [0.4, 0.5) is 5.69 Å². The molecule has 0 saturated heterocycles. The van der Waals surface area contributed by atoms with E-state index in [-0.39, 0.29) is 11.7 Å². The van der Waals surface area contributed by atoms with E-state index >= 15 is 0 Å². The van der Waals surface area contributed by atoms with Gasteiger partial charge in [-0.25, -0.2) is 0 Å². The molecule has 1 aromatic carbocycles. The highest BCUT2D eigenvalue weighted by molar-refractivity contribution is 5.60. The summed E-state index contributed by atoms with van der Waals surface area (Å²) in [4.78, 5) is 10.1. The molecule has 0 fully saturated rings. The van der Waals surface area contributed by atoms with Gasteiger partial charge in [0.25, 0.3) is 5.69 Å². The normalized spacial score (nSPS) is 19.5. The van der Waals surface area contributed by atoms with E-state index in [0.29, 0.717) is 0 Å². The molecule has 0 bridgehead atoms. The zero-order valence-corrected chi connectivity index (χ0v) is 8.33. The molecule has 0 aromatic heterocycles. The van der Waals surface area contributed by atoms with Gasteiger partial charge in [0, 0.05) is 31.8 Å². The number of non-ortho nitro benzene ring substituents is 1. The lowest BCUT2D eigenvalue weighted by Gasteiger charge is -2.18. The molecule has 5 heteroatoms. The Hall–Kier alpha value is -1.91. The molecule has 5 nitrogen and oxygen atoms in total. The number of nitrogens with zero attached hydrogens (tertiary/aromatic N) is 3. The van der Waals surface area contributed by atoms with Crippen molar-refractivity contribution in [3.8, 4) is 0 Å². The SMILES string of the molecule is CN1N=CCC1c1ccc([N+](=O)[O-])cc1. The predicted molar refractivity (Wildman–Crippen MR) is 56.7 cm³/mol. The summed E-state index contributed by atoms with van der Waals surface area (Å²) in [5.41, 5.74) is 1.18. The van der Waals surface area contributed by atoms with Crippen LogP contribution < -0.4 is 0 Å². The molecule has 0 N–H and O–H groups in total. The van der Waals surface area contributed by atoms with Gasteiger partial charge in [0.15, 0.2) is 0 Å². The molecule has 0 amide bonds. The average molecular weight is 205 g/mol. The summed E-state index contributed by atoms with van der Waals surface area (Å²) >= 11 is 0. The molecule has 1 atom stereocenters. The first-order chi connectivity index (χ1) is 7.18. The molecular weight excluding hydrogens is 194 g/mol. The largest absolute Gasteiger partial charge is 0.293 e. The number of nitro benzene ring substituents is 1. The Morgan fingerprint density at radius 3 is 2.60 bits per heavy atom. The molecule has 1 aromatic rings. The molecule has 1 unspecified atom stereocenters. The predicted octanol–water partition coefficient (Wildman–Crippen LogP) is 1.96. The quantitative estimate of drug-likeness (QED) is 0.547. The van der Waals surface area contributed by atoms with E-state index in [2.05, 4.69) is 5.10 Å². The van der Waals surface area contributed by atoms with Crippen molar-refractivity contribution in [2.75, 3.05) is 7.05 Å². The number of nitro groups is 1. The van der Waals surface area contributed by atoms with Gasteiger partial charge >= 0.3 is 0 Å². The second-order valence-electron chi connectivity index (χ2n) is 3.47. The van der Waals surface area contributed by atoms with E-state index in [4.69, 9.17) is 0 Å². The van der Waals surface area contributed by atoms with Crippen LogP contribution in [0.3, 0.4) is 0 Å². The minimum Gasteiger partial charge on any atom is -0.293 e. The van der Waals surface area contributed by atoms with Gasteiger partial charge in [0.05, 0.1) is 11.0 Å². The Kier molecular flexibility index (Phi) is 2.37. The topological polar surface area (TPSA) is 58.7 Å². The smallest absolute Gasteiger partial charge is 0.269 e. The van der Waals surface area contributed by atoms with Crippen LogP contribution in [-0.2, 0) is 0 Å². The third-order valence-corrected chi connectivity index (χ3v) is 2.53. The van der Waals surface area contributed by atoms with Crippen LogP contribution in [0.2, 0.25) is 0 Å². The maximum absolute atomic E-state index is 10.5. The standard InChI is InChI=1S/C10H11N3O2/c1-12-10(6-7-11-12)8-2-4-9(5-3-8)13(14)15/h2-5,7,10H,6H2,1H3. The Balaban J connectivity index is 2.20. The van der Waals surface area contributed by atoms with Crippen LogP contribution in [0.25, 0.3) is 0 Å². The monoisotopic (exact) mass is 205 g/mol. The number of hydrazone groups is 1. The first-order valence-electron chi connectivity index (χ1n) is 4.68. The molecule has 0 spiro atoms. The minimum atomic E-state index is -0.390. The van der Waals surface area contributed by atoms with Gasteiger partial charge in [-0.3, -0.25) is 15.1 Å². The van der Waals surface area contributed by atoms with Crippen molar-refractivity contribution >= 4 is 11.9 Å². The average Bonchev–Trinajstić information content (AvgIpc) is 2.65. The number of hydrogen-bond acceptors (Lipinski definition) is 4. The van der Waals surface area contributed by atoms with Crippen molar-refractivity contribution in [2.24, 2.45) is 5.10 Å². The van der Waals surface area contributed by atoms with E-state index in [0.717, 1.165) is 12.0 Å². The Morgan fingerprint density at radius 2 is 2.13 bits per heavy atom. The fraction of sp³-hybridized carbons (Fsp3) is 0.300. The van der Waals surface area contributed by atoms with E-state index in [1.54, 1.807) is 12.1 Å².